The van der Waals surface area contributed by atoms with Crippen LogP contribution in [0.3, 0.4) is 0 Å². The Labute approximate surface area is 126 Å². The van der Waals surface area contributed by atoms with E-state index >= 15 is 0 Å². The predicted molar refractivity (Wildman–Crippen MR) is 84.5 cm³/mol. The topological polar surface area (TPSA) is 55.2 Å². The average Bonchev–Trinajstić information content (AvgIpc) is 2.71. The molecular weight excluding hydrogens is 264 g/mol. The molecule has 1 aromatic carbocycles. The summed E-state index contributed by atoms with van der Waals surface area (Å²) in [5.41, 5.74) is 2.61. The van der Waals surface area contributed by atoms with Crippen LogP contribution in [0.15, 0.2) is 18.2 Å². The second kappa shape index (κ2) is 4.46. The largest absolute Gasteiger partial charge is 0.382 e. The zero-order valence-corrected chi connectivity index (χ0v) is 13.3. The molecule has 0 heterocycles. The summed E-state index contributed by atoms with van der Waals surface area (Å²) in [4.78, 5) is 10.6. The van der Waals surface area contributed by atoms with E-state index in [-0.39, 0.29) is 10.6 Å². The van der Waals surface area contributed by atoms with Gasteiger partial charge in [0.05, 0.1) is 4.92 Å². The normalized spacial score (nSPS) is 33.1. The summed E-state index contributed by atoms with van der Waals surface area (Å²) in [6.07, 6.45) is 3.81. The molecule has 4 heteroatoms. The van der Waals surface area contributed by atoms with Crippen molar-refractivity contribution in [2.45, 2.75) is 53.0 Å². The molecule has 3 unspecified atom stereocenters. The average molecular weight is 288 g/mol. The van der Waals surface area contributed by atoms with Crippen LogP contribution in [-0.4, -0.2) is 11.0 Å². The first-order chi connectivity index (χ1) is 9.75. The van der Waals surface area contributed by atoms with Crippen molar-refractivity contribution in [1.29, 1.82) is 0 Å². The molecule has 2 bridgehead atoms. The van der Waals surface area contributed by atoms with Gasteiger partial charge in [-0.3, -0.25) is 10.1 Å². The smallest absolute Gasteiger partial charge is 0.272 e. The molecule has 0 aromatic heterocycles. The van der Waals surface area contributed by atoms with E-state index in [4.69, 9.17) is 0 Å². The molecule has 0 aliphatic heterocycles. The fourth-order valence-corrected chi connectivity index (χ4v) is 4.57. The van der Waals surface area contributed by atoms with E-state index in [0.717, 1.165) is 17.2 Å². The lowest BCUT2D eigenvalue weighted by molar-refractivity contribution is -0.385. The van der Waals surface area contributed by atoms with E-state index in [1.165, 1.54) is 19.3 Å². The molecule has 2 fully saturated rings. The molecule has 4 nitrogen and oxygen atoms in total. The highest BCUT2D eigenvalue weighted by Gasteiger charge is 2.61. The van der Waals surface area contributed by atoms with Crippen LogP contribution in [0.2, 0.25) is 0 Å². The minimum Gasteiger partial charge on any atom is -0.382 e. The zero-order chi connectivity index (χ0) is 15.4. The van der Waals surface area contributed by atoms with Crippen molar-refractivity contribution in [3.63, 3.8) is 0 Å². The molecule has 0 amide bonds. The fraction of sp³-hybridized carbons (Fsp3) is 0.647. The SMILES string of the molecule is Cc1cc(NC2CC3CCC2(C)C3(C)C)ccc1[N+](=O)[O-]. The fourth-order valence-electron chi connectivity index (χ4n) is 4.57. The maximum atomic E-state index is 10.9. The third-order valence-corrected chi connectivity index (χ3v) is 6.53. The van der Waals surface area contributed by atoms with E-state index in [1.54, 1.807) is 13.0 Å². The molecule has 0 saturated heterocycles. The number of fused-ring (bicyclic) bond motifs is 2. The summed E-state index contributed by atoms with van der Waals surface area (Å²) in [6.45, 7) is 8.99. The van der Waals surface area contributed by atoms with Crippen molar-refractivity contribution in [3.8, 4) is 0 Å². The molecule has 0 radical (unpaired) electrons. The Morgan fingerprint density at radius 2 is 2.05 bits per heavy atom. The van der Waals surface area contributed by atoms with Crippen molar-refractivity contribution in [1.82, 2.24) is 0 Å². The Balaban J connectivity index is 1.83. The first kappa shape index (κ1) is 14.4. The molecule has 0 spiro atoms. The number of nitrogens with zero attached hydrogens (tertiary/aromatic N) is 1. The summed E-state index contributed by atoms with van der Waals surface area (Å²) in [5.74, 6) is 0.791. The van der Waals surface area contributed by atoms with E-state index in [2.05, 4.69) is 26.1 Å². The molecule has 3 atom stereocenters. The lowest BCUT2D eigenvalue weighted by Gasteiger charge is -2.40. The van der Waals surface area contributed by atoms with Crippen LogP contribution >= 0.6 is 0 Å². The molecular formula is C17H24N2O2. The van der Waals surface area contributed by atoms with Crippen LogP contribution in [0.5, 0.6) is 0 Å². The number of hydrogen-bond acceptors (Lipinski definition) is 3. The second-order valence-electron chi connectivity index (χ2n) is 7.57. The summed E-state index contributed by atoms with van der Waals surface area (Å²) in [5, 5.41) is 14.6. The van der Waals surface area contributed by atoms with Gasteiger partial charge in [-0.2, -0.15) is 0 Å². The van der Waals surface area contributed by atoms with Gasteiger partial charge in [0.25, 0.3) is 5.69 Å². The molecule has 1 N–H and O–H groups in total. The van der Waals surface area contributed by atoms with E-state index in [1.807, 2.05) is 12.1 Å². The Morgan fingerprint density at radius 1 is 1.33 bits per heavy atom. The molecule has 114 valence electrons. The molecule has 2 aliphatic rings. The van der Waals surface area contributed by atoms with Crippen LogP contribution in [0, 0.1) is 33.8 Å². The lowest BCUT2D eigenvalue weighted by Crippen LogP contribution is -2.40. The van der Waals surface area contributed by atoms with Gasteiger partial charge in [-0.15, -0.1) is 0 Å². The van der Waals surface area contributed by atoms with E-state index in [0.29, 0.717) is 16.9 Å². The maximum absolute atomic E-state index is 10.9. The summed E-state index contributed by atoms with van der Waals surface area (Å²) in [6, 6.07) is 5.82. The Bertz CT molecular complexity index is 596. The van der Waals surface area contributed by atoms with Crippen molar-refractivity contribution >= 4 is 11.4 Å². The lowest BCUT2D eigenvalue weighted by atomic mass is 9.69. The van der Waals surface area contributed by atoms with Gasteiger partial charge in [0.1, 0.15) is 0 Å². The molecule has 3 rings (SSSR count). The summed E-state index contributed by atoms with van der Waals surface area (Å²) in [7, 11) is 0. The van der Waals surface area contributed by atoms with Crippen LogP contribution in [0.1, 0.15) is 45.6 Å². The highest BCUT2D eigenvalue weighted by Crippen LogP contribution is 2.65. The standard InChI is InChI=1S/C17H24N2O2/c1-11-9-13(5-6-14(11)19(20)21)18-15-10-12-7-8-17(15,4)16(12,2)3/h5-6,9,12,15,18H,7-8,10H2,1-4H3. The molecule has 2 saturated carbocycles. The van der Waals surface area contributed by atoms with Crippen molar-refractivity contribution in [3.05, 3.63) is 33.9 Å². The monoisotopic (exact) mass is 288 g/mol. The van der Waals surface area contributed by atoms with Crippen LogP contribution in [-0.2, 0) is 0 Å². The van der Waals surface area contributed by atoms with Gasteiger partial charge < -0.3 is 5.32 Å². The van der Waals surface area contributed by atoms with Gasteiger partial charge in [0.2, 0.25) is 0 Å². The number of nitro benzene ring substituents is 1. The molecule has 1 aromatic rings. The summed E-state index contributed by atoms with van der Waals surface area (Å²) >= 11 is 0. The highest BCUT2D eigenvalue weighted by molar-refractivity contribution is 5.54. The van der Waals surface area contributed by atoms with Crippen LogP contribution < -0.4 is 5.32 Å². The van der Waals surface area contributed by atoms with Gasteiger partial charge in [0.15, 0.2) is 0 Å². The van der Waals surface area contributed by atoms with Crippen molar-refractivity contribution in [2.24, 2.45) is 16.7 Å². The number of nitro groups is 1. The van der Waals surface area contributed by atoms with Gasteiger partial charge >= 0.3 is 0 Å². The van der Waals surface area contributed by atoms with E-state index < -0.39 is 0 Å². The zero-order valence-electron chi connectivity index (χ0n) is 13.3. The van der Waals surface area contributed by atoms with E-state index in [9.17, 15) is 10.1 Å². The Hall–Kier alpha value is -1.58. The van der Waals surface area contributed by atoms with Crippen LogP contribution in [0.4, 0.5) is 11.4 Å². The predicted octanol–water partition coefficient (Wildman–Crippen LogP) is 4.53. The quantitative estimate of drug-likeness (QED) is 0.656. The minimum absolute atomic E-state index is 0.194. The van der Waals surface area contributed by atoms with Gasteiger partial charge in [-0.25, -0.2) is 0 Å². The Kier molecular flexibility index (Phi) is 3.05. The number of hydrogen-bond donors (Lipinski definition) is 1. The number of benzene rings is 1. The third kappa shape index (κ3) is 1.95. The van der Waals surface area contributed by atoms with Crippen molar-refractivity contribution < 1.29 is 4.92 Å². The van der Waals surface area contributed by atoms with Gasteiger partial charge in [-0.1, -0.05) is 20.8 Å². The third-order valence-electron chi connectivity index (χ3n) is 6.53. The summed E-state index contributed by atoms with van der Waals surface area (Å²) < 4.78 is 0. The number of aryl methyl sites for hydroxylation is 1. The number of rotatable bonds is 3. The first-order valence-electron chi connectivity index (χ1n) is 7.77. The Morgan fingerprint density at radius 3 is 2.52 bits per heavy atom. The van der Waals surface area contributed by atoms with Crippen LogP contribution in [0.25, 0.3) is 0 Å². The number of nitrogens with one attached hydrogen (secondary N) is 1. The number of anilines is 1. The first-order valence-corrected chi connectivity index (χ1v) is 7.77. The van der Waals surface area contributed by atoms with Gasteiger partial charge in [-0.05, 0) is 55.1 Å². The minimum atomic E-state index is -0.318. The highest BCUT2D eigenvalue weighted by atomic mass is 16.6. The maximum Gasteiger partial charge on any atom is 0.272 e. The molecule has 21 heavy (non-hydrogen) atoms. The van der Waals surface area contributed by atoms with Gasteiger partial charge in [0, 0.05) is 23.4 Å². The molecule has 2 aliphatic carbocycles. The second-order valence-corrected chi connectivity index (χ2v) is 7.57. The van der Waals surface area contributed by atoms with Crippen molar-refractivity contribution in [2.75, 3.05) is 5.32 Å².